The molecule has 0 rings (SSSR count). The second kappa shape index (κ2) is 24.8. The van der Waals surface area contributed by atoms with E-state index in [-0.39, 0.29) is 48.0 Å². The summed E-state index contributed by atoms with van der Waals surface area (Å²) in [6.07, 6.45) is 0. The van der Waals surface area contributed by atoms with E-state index in [0.717, 1.165) is 0 Å². The average molecular weight is 450 g/mol. The summed E-state index contributed by atoms with van der Waals surface area (Å²) in [7, 11) is 0. The minimum Gasteiger partial charge on any atom is -0.478 e. The molecule has 0 atom stereocenters. The predicted octanol–water partition coefficient (Wildman–Crippen LogP) is 1.17. The lowest BCUT2D eigenvalue weighted by molar-refractivity contribution is -0.133. The monoisotopic (exact) mass is 450 g/mol. The summed E-state index contributed by atoms with van der Waals surface area (Å²) in [4.78, 5) is 38.4. The van der Waals surface area contributed by atoms with Crippen molar-refractivity contribution >= 4 is 23.9 Å². The minimum atomic E-state index is -0.935. The zero-order valence-corrected chi connectivity index (χ0v) is 18.3. The molecule has 0 saturated carbocycles. The van der Waals surface area contributed by atoms with Crippen molar-refractivity contribution in [1.82, 2.24) is 0 Å². The van der Waals surface area contributed by atoms with Crippen LogP contribution in [0.2, 0.25) is 0 Å². The number of carbonyl (C=O) groups is 4. The maximum absolute atomic E-state index is 9.60. The SMILES string of the molecule is C=C(C)C(=O)O.C=C(C)C(=O)O.C=C(C)C(=O)O.C=C(C)C(=O)O.OCC(CO)CO. The molecule has 0 aliphatic heterocycles. The highest BCUT2D eigenvalue weighted by atomic mass is 16.4. The van der Waals surface area contributed by atoms with Gasteiger partial charge in [-0.1, -0.05) is 26.3 Å². The zero-order valence-electron chi connectivity index (χ0n) is 18.3. The molecule has 0 fully saturated rings. The van der Waals surface area contributed by atoms with Crippen LogP contribution in [0.5, 0.6) is 0 Å². The van der Waals surface area contributed by atoms with Gasteiger partial charge in [0.25, 0.3) is 0 Å². The summed E-state index contributed by atoms with van der Waals surface area (Å²) in [6.45, 7) is 18.0. The molecule has 180 valence electrons. The van der Waals surface area contributed by atoms with Gasteiger partial charge in [0.15, 0.2) is 0 Å². The molecule has 0 aliphatic carbocycles. The van der Waals surface area contributed by atoms with Crippen molar-refractivity contribution in [3.63, 3.8) is 0 Å². The van der Waals surface area contributed by atoms with Crippen LogP contribution in [-0.4, -0.2) is 79.4 Å². The highest BCUT2D eigenvalue weighted by molar-refractivity contribution is 5.85. The fraction of sp³-hybridized carbons (Fsp3) is 0.400. The molecule has 0 aromatic rings. The molecule has 31 heavy (non-hydrogen) atoms. The van der Waals surface area contributed by atoms with Gasteiger partial charge in [0.1, 0.15) is 0 Å². The largest absolute Gasteiger partial charge is 0.478 e. The van der Waals surface area contributed by atoms with Gasteiger partial charge in [-0.15, -0.1) is 0 Å². The van der Waals surface area contributed by atoms with Crippen LogP contribution < -0.4 is 0 Å². The Morgan fingerprint density at radius 2 is 0.613 bits per heavy atom. The highest BCUT2D eigenvalue weighted by Gasteiger charge is 2.00. The molecular formula is C20H34O11. The standard InChI is InChI=1S/C4H10O3.4C4H6O2/c5-1-4(2-6)3-7;4*1-3(2)4(5)6/h4-7H,1-3H2;4*1H2,2H3,(H,5,6). The Hall–Kier alpha value is -3.28. The number of carboxylic acids is 4. The maximum Gasteiger partial charge on any atom is 0.330 e. The number of carboxylic acid groups (broad SMARTS) is 4. The van der Waals surface area contributed by atoms with E-state index in [0.29, 0.717) is 0 Å². The molecule has 0 amide bonds. The third kappa shape index (κ3) is 46.6. The summed E-state index contributed by atoms with van der Waals surface area (Å²) in [5, 5.41) is 56.2. The van der Waals surface area contributed by atoms with Crippen LogP contribution in [0.4, 0.5) is 0 Å². The van der Waals surface area contributed by atoms with Crippen molar-refractivity contribution in [1.29, 1.82) is 0 Å². The number of hydrogen-bond acceptors (Lipinski definition) is 7. The number of aliphatic hydroxyl groups is 3. The van der Waals surface area contributed by atoms with E-state index in [4.69, 9.17) is 35.7 Å². The second-order valence-corrected chi connectivity index (χ2v) is 5.76. The van der Waals surface area contributed by atoms with Crippen molar-refractivity contribution in [3.05, 3.63) is 48.6 Å². The molecule has 0 aromatic carbocycles. The van der Waals surface area contributed by atoms with Gasteiger partial charge in [-0.2, -0.15) is 0 Å². The molecule has 0 spiro atoms. The summed E-state index contributed by atoms with van der Waals surface area (Å²) < 4.78 is 0. The third-order valence-electron chi connectivity index (χ3n) is 2.23. The molecule has 0 aliphatic rings. The van der Waals surface area contributed by atoms with E-state index >= 15 is 0 Å². The van der Waals surface area contributed by atoms with Gasteiger partial charge in [0.05, 0.1) is 19.8 Å². The van der Waals surface area contributed by atoms with Crippen LogP contribution in [0.1, 0.15) is 27.7 Å². The molecule has 0 aromatic heterocycles. The Labute approximate surface area is 181 Å². The molecule has 0 radical (unpaired) electrons. The van der Waals surface area contributed by atoms with Gasteiger partial charge in [-0.25, -0.2) is 19.2 Å². The topological polar surface area (TPSA) is 210 Å². The van der Waals surface area contributed by atoms with Crippen LogP contribution in [0.25, 0.3) is 0 Å². The Balaban J connectivity index is -0.0000000910. The van der Waals surface area contributed by atoms with Crippen molar-refractivity contribution < 1.29 is 54.9 Å². The van der Waals surface area contributed by atoms with Crippen LogP contribution >= 0.6 is 0 Å². The molecule has 0 saturated heterocycles. The zero-order chi connectivity index (χ0) is 26.3. The molecule has 0 unspecified atom stereocenters. The van der Waals surface area contributed by atoms with Crippen LogP contribution in [0.15, 0.2) is 48.6 Å². The van der Waals surface area contributed by atoms with Gasteiger partial charge in [0, 0.05) is 28.2 Å². The van der Waals surface area contributed by atoms with E-state index in [1.807, 2.05) is 0 Å². The molecule has 0 heterocycles. The lowest BCUT2D eigenvalue weighted by atomic mass is 10.2. The number of aliphatic carboxylic acids is 4. The first-order valence-corrected chi connectivity index (χ1v) is 8.30. The van der Waals surface area contributed by atoms with Crippen LogP contribution in [-0.2, 0) is 19.2 Å². The van der Waals surface area contributed by atoms with Gasteiger partial charge in [-0.05, 0) is 27.7 Å². The van der Waals surface area contributed by atoms with E-state index in [2.05, 4.69) is 26.3 Å². The molecule has 0 bridgehead atoms. The quantitative estimate of drug-likeness (QED) is 0.274. The van der Waals surface area contributed by atoms with Crippen LogP contribution in [0, 0.1) is 5.92 Å². The van der Waals surface area contributed by atoms with Gasteiger partial charge < -0.3 is 35.7 Å². The lowest BCUT2D eigenvalue weighted by Crippen LogP contribution is -2.14. The molecule has 7 N–H and O–H groups in total. The van der Waals surface area contributed by atoms with E-state index < -0.39 is 23.9 Å². The predicted molar refractivity (Wildman–Crippen MR) is 115 cm³/mol. The second-order valence-electron chi connectivity index (χ2n) is 5.76. The van der Waals surface area contributed by atoms with E-state index in [1.54, 1.807) is 0 Å². The normalized spacial score (nSPS) is 8.13. The average Bonchev–Trinajstić information content (AvgIpc) is 2.64. The minimum absolute atomic E-state index is 0.146. The first-order valence-electron chi connectivity index (χ1n) is 8.30. The van der Waals surface area contributed by atoms with Crippen molar-refractivity contribution in [2.75, 3.05) is 19.8 Å². The summed E-state index contributed by atoms with van der Waals surface area (Å²) in [5.74, 6) is -4.09. The van der Waals surface area contributed by atoms with Crippen LogP contribution in [0.3, 0.4) is 0 Å². The first kappa shape index (κ1) is 38.3. The number of hydrogen-bond donors (Lipinski definition) is 7. The summed E-state index contributed by atoms with van der Waals surface area (Å²) in [6, 6.07) is 0. The Kier molecular flexibility index (Phi) is 30.6. The molecule has 11 nitrogen and oxygen atoms in total. The van der Waals surface area contributed by atoms with Crippen molar-refractivity contribution in [2.24, 2.45) is 5.92 Å². The van der Waals surface area contributed by atoms with E-state index in [1.165, 1.54) is 27.7 Å². The highest BCUT2D eigenvalue weighted by Crippen LogP contribution is 1.87. The Morgan fingerprint density at radius 1 is 0.516 bits per heavy atom. The van der Waals surface area contributed by atoms with Gasteiger partial charge in [0.2, 0.25) is 0 Å². The summed E-state index contributed by atoms with van der Waals surface area (Å²) in [5.41, 5.74) is 0.704. The maximum atomic E-state index is 9.60. The Bertz CT molecular complexity index is 465. The van der Waals surface area contributed by atoms with Gasteiger partial charge >= 0.3 is 23.9 Å². The van der Waals surface area contributed by atoms with Crippen molar-refractivity contribution in [3.8, 4) is 0 Å². The number of aliphatic hydroxyl groups excluding tert-OH is 3. The van der Waals surface area contributed by atoms with Gasteiger partial charge in [-0.3, -0.25) is 0 Å². The van der Waals surface area contributed by atoms with Crippen molar-refractivity contribution in [2.45, 2.75) is 27.7 Å². The fourth-order valence-corrected chi connectivity index (χ4v) is 0.173. The Morgan fingerprint density at radius 3 is 0.613 bits per heavy atom. The third-order valence-corrected chi connectivity index (χ3v) is 2.23. The molecular weight excluding hydrogens is 416 g/mol. The summed E-state index contributed by atoms with van der Waals surface area (Å²) >= 11 is 0. The number of rotatable bonds is 7. The lowest BCUT2D eigenvalue weighted by Gasteiger charge is -2.02. The fourth-order valence-electron chi connectivity index (χ4n) is 0.173. The smallest absolute Gasteiger partial charge is 0.330 e. The van der Waals surface area contributed by atoms with E-state index in [9.17, 15) is 19.2 Å². The first-order chi connectivity index (χ1) is 13.9. The molecule has 11 heteroatoms.